The highest BCUT2D eigenvalue weighted by atomic mass is 35.5. The second kappa shape index (κ2) is 5.41. The molecule has 4 rings (SSSR count). The van der Waals surface area contributed by atoms with Gasteiger partial charge in [-0.05, 0) is 24.0 Å². The van der Waals surface area contributed by atoms with Crippen LogP contribution in [0.15, 0.2) is 34.8 Å². The van der Waals surface area contributed by atoms with Crippen molar-refractivity contribution in [2.75, 3.05) is 6.54 Å². The summed E-state index contributed by atoms with van der Waals surface area (Å²) < 4.78 is 2.26. The molecule has 2 aliphatic heterocycles. The molecule has 5 nitrogen and oxygen atoms in total. The molecule has 3 aliphatic rings. The van der Waals surface area contributed by atoms with Gasteiger partial charge in [-0.2, -0.15) is 0 Å². The van der Waals surface area contributed by atoms with Crippen LogP contribution in [0.1, 0.15) is 44.8 Å². The van der Waals surface area contributed by atoms with Crippen LogP contribution in [0.4, 0.5) is 0 Å². The summed E-state index contributed by atoms with van der Waals surface area (Å²) in [5.41, 5.74) is 3.54. The minimum Gasteiger partial charge on any atom is -0.411 e. The normalized spacial score (nSPS) is 27.2. The number of carbonyl (C=O) groups is 1. The van der Waals surface area contributed by atoms with Crippen LogP contribution in [0.3, 0.4) is 0 Å². The van der Waals surface area contributed by atoms with E-state index in [0.29, 0.717) is 24.1 Å². The lowest BCUT2D eigenvalue weighted by molar-refractivity contribution is -0.118. The van der Waals surface area contributed by atoms with Crippen LogP contribution in [0, 0.1) is 5.41 Å². The highest BCUT2D eigenvalue weighted by molar-refractivity contribution is 6.24. The van der Waals surface area contributed by atoms with E-state index in [9.17, 15) is 10.0 Å². The number of fused-ring (bicyclic) bond motifs is 4. The molecule has 0 aromatic carbocycles. The lowest BCUT2D eigenvalue weighted by Crippen LogP contribution is -2.46. The van der Waals surface area contributed by atoms with Crippen LogP contribution in [-0.4, -0.2) is 32.7 Å². The molecule has 0 spiro atoms. The third-order valence-corrected chi connectivity index (χ3v) is 5.16. The maximum absolute atomic E-state index is 12.6. The summed E-state index contributed by atoms with van der Waals surface area (Å²) in [5.74, 6) is 0.124. The third-order valence-electron chi connectivity index (χ3n) is 5.16. The van der Waals surface area contributed by atoms with Crippen LogP contribution in [0.2, 0.25) is 0 Å². The second-order valence-corrected chi connectivity index (χ2v) is 7.35. The van der Waals surface area contributed by atoms with E-state index in [1.54, 1.807) is 0 Å². The Balaban J connectivity index is 0.00000156. The molecule has 1 aromatic rings. The minimum absolute atomic E-state index is 0. The van der Waals surface area contributed by atoms with Gasteiger partial charge in [0.2, 0.25) is 0 Å². The minimum atomic E-state index is -0.0299. The quantitative estimate of drug-likeness (QED) is 0.585. The number of hydrogen-bond donors (Lipinski definition) is 1. The first kappa shape index (κ1) is 16.1. The van der Waals surface area contributed by atoms with Gasteiger partial charge in [0, 0.05) is 43.5 Å². The Morgan fingerprint density at radius 2 is 2.09 bits per heavy atom. The molecule has 0 bridgehead atoms. The summed E-state index contributed by atoms with van der Waals surface area (Å²) in [6.07, 6.45) is 4.10. The zero-order valence-electron chi connectivity index (χ0n) is 13.5. The highest BCUT2D eigenvalue weighted by Crippen LogP contribution is 2.46. The molecular formula is C17H22ClN3O2. The highest BCUT2D eigenvalue weighted by Gasteiger charge is 2.44. The van der Waals surface area contributed by atoms with Crippen molar-refractivity contribution in [3.8, 4) is 0 Å². The fraction of sp³-hybridized carbons (Fsp3) is 0.529. The molecule has 6 heteroatoms. The van der Waals surface area contributed by atoms with Crippen LogP contribution in [0.25, 0.3) is 0 Å². The molecule has 0 fully saturated rings. The molecule has 23 heavy (non-hydrogen) atoms. The van der Waals surface area contributed by atoms with Gasteiger partial charge in [0.15, 0.2) is 5.78 Å². The fourth-order valence-electron chi connectivity index (χ4n) is 4.24. The molecular weight excluding hydrogens is 314 g/mol. The molecule has 3 heterocycles. The lowest BCUT2D eigenvalue weighted by atomic mass is 9.72. The number of nitrogens with zero attached hydrogens (tertiary/aromatic N) is 3. The van der Waals surface area contributed by atoms with E-state index >= 15 is 0 Å². The molecule has 1 N–H and O–H groups in total. The van der Waals surface area contributed by atoms with Crippen LogP contribution in [-0.2, 0) is 11.3 Å². The maximum atomic E-state index is 12.6. The summed E-state index contributed by atoms with van der Waals surface area (Å²) in [6, 6.07) is 4.37. The average Bonchev–Trinajstić information content (AvgIpc) is 2.93. The van der Waals surface area contributed by atoms with Gasteiger partial charge < -0.3 is 14.7 Å². The first-order chi connectivity index (χ1) is 10.5. The predicted molar refractivity (Wildman–Crippen MR) is 90.0 cm³/mol. The summed E-state index contributed by atoms with van der Waals surface area (Å²) in [5, 5.41) is 12.9. The molecule has 0 saturated heterocycles. The number of hydrogen-bond acceptors (Lipinski definition) is 4. The van der Waals surface area contributed by atoms with Crippen LogP contribution >= 0.6 is 12.4 Å². The number of rotatable bonds is 0. The Morgan fingerprint density at radius 3 is 2.83 bits per heavy atom. The first-order valence-electron chi connectivity index (χ1n) is 7.89. The molecule has 0 saturated carbocycles. The summed E-state index contributed by atoms with van der Waals surface area (Å²) in [4.78, 5) is 15.0. The van der Waals surface area contributed by atoms with Crippen molar-refractivity contribution in [3.05, 3.63) is 35.3 Å². The van der Waals surface area contributed by atoms with Gasteiger partial charge >= 0.3 is 0 Å². The molecule has 1 aromatic heterocycles. The van der Waals surface area contributed by atoms with E-state index in [1.165, 1.54) is 5.69 Å². The summed E-state index contributed by atoms with van der Waals surface area (Å²) in [6.45, 7) is 6.13. The van der Waals surface area contributed by atoms with Crippen molar-refractivity contribution < 1.29 is 10.0 Å². The number of Topliss-reactive ketones (excluding diaryl/α,β-unsaturated/α-hetero) is 1. The monoisotopic (exact) mass is 335 g/mol. The molecule has 1 aliphatic carbocycles. The Hall–Kier alpha value is -1.75. The van der Waals surface area contributed by atoms with Gasteiger partial charge in [-0.3, -0.25) is 4.79 Å². The maximum Gasteiger partial charge on any atom is 0.167 e. The van der Waals surface area contributed by atoms with E-state index < -0.39 is 0 Å². The lowest BCUT2D eigenvalue weighted by Gasteiger charge is -2.47. The van der Waals surface area contributed by atoms with Crippen molar-refractivity contribution in [1.29, 1.82) is 0 Å². The summed E-state index contributed by atoms with van der Waals surface area (Å²) in [7, 11) is 0. The largest absolute Gasteiger partial charge is 0.411 e. The van der Waals surface area contributed by atoms with Gasteiger partial charge in [-0.15, -0.1) is 12.4 Å². The van der Waals surface area contributed by atoms with E-state index in [2.05, 4.69) is 46.8 Å². The topological polar surface area (TPSA) is 57.8 Å². The molecule has 124 valence electrons. The van der Waals surface area contributed by atoms with E-state index in [-0.39, 0.29) is 29.6 Å². The van der Waals surface area contributed by atoms with Gasteiger partial charge in [0.25, 0.3) is 0 Å². The molecule has 1 atom stereocenters. The predicted octanol–water partition coefficient (Wildman–Crippen LogP) is 3.14. The van der Waals surface area contributed by atoms with Gasteiger partial charge in [0.05, 0.1) is 17.3 Å². The Kier molecular flexibility index (Phi) is 3.79. The molecule has 1 unspecified atom stereocenters. The number of oxime groups is 1. The van der Waals surface area contributed by atoms with Gasteiger partial charge in [-0.1, -0.05) is 19.0 Å². The van der Waals surface area contributed by atoms with Crippen molar-refractivity contribution in [2.45, 2.75) is 45.7 Å². The molecule has 0 amide bonds. The zero-order valence-corrected chi connectivity index (χ0v) is 14.3. The van der Waals surface area contributed by atoms with Crippen molar-refractivity contribution in [2.24, 2.45) is 10.6 Å². The van der Waals surface area contributed by atoms with Gasteiger partial charge in [-0.25, -0.2) is 0 Å². The van der Waals surface area contributed by atoms with Crippen molar-refractivity contribution in [3.63, 3.8) is 0 Å². The Morgan fingerprint density at radius 1 is 1.30 bits per heavy atom. The van der Waals surface area contributed by atoms with E-state index in [4.69, 9.17) is 0 Å². The fourth-order valence-corrected chi connectivity index (χ4v) is 4.24. The smallest absolute Gasteiger partial charge is 0.167 e. The van der Waals surface area contributed by atoms with Crippen molar-refractivity contribution in [1.82, 2.24) is 9.47 Å². The van der Waals surface area contributed by atoms with E-state index in [1.807, 2.05) is 0 Å². The third kappa shape index (κ3) is 2.38. The SMILES string of the molecule is CC1(C)CC(=O)C2=C(C1)N1CCn3cccc3C1CC2=NO.Cl. The van der Waals surface area contributed by atoms with E-state index in [0.717, 1.165) is 25.2 Å². The second-order valence-electron chi connectivity index (χ2n) is 7.35. The summed E-state index contributed by atoms with van der Waals surface area (Å²) >= 11 is 0. The average molecular weight is 336 g/mol. The molecule has 0 radical (unpaired) electrons. The van der Waals surface area contributed by atoms with Crippen molar-refractivity contribution >= 4 is 23.9 Å². The standard InChI is InChI=1S/C17H21N3O2.ClH/c1-17(2)9-14-16(15(21)10-17)11(18-22)8-13-12-4-3-5-19(12)6-7-20(13)14;/h3-5,13,22H,6-10H2,1-2H3;1H. The van der Waals surface area contributed by atoms with Gasteiger partial charge in [0.1, 0.15) is 0 Å². The number of ketones is 1. The number of aromatic nitrogens is 1. The number of halogens is 1. The number of allylic oxidation sites excluding steroid dienone is 2. The Labute approximate surface area is 142 Å². The number of carbonyl (C=O) groups excluding carboxylic acids is 1. The first-order valence-corrected chi connectivity index (χ1v) is 7.89. The van der Waals surface area contributed by atoms with Crippen LogP contribution in [0.5, 0.6) is 0 Å². The Bertz CT molecular complexity index is 717. The van der Waals surface area contributed by atoms with Crippen LogP contribution < -0.4 is 0 Å². The zero-order chi connectivity index (χ0) is 15.5.